The van der Waals surface area contributed by atoms with Gasteiger partial charge in [-0.3, -0.25) is 0 Å². The third kappa shape index (κ3) is 6.13. The number of hydrogen-bond acceptors (Lipinski definition) is 4. The number of nitrogens with zero attached hydrogens (tertiary/aromatic N) is 1. The first kappa shape index (κ1) is 18.0. The number of aromatic nitrogens is 1. The Hall–Kier alpha value is -0.0800. The highest BCUT2D eigenvalue weighted by atomic mass is 127. The summed E-state index contributed by atoms with van der Waals surface area (Å²) < 4.78 is 11.7. The second-order valence-electron chi connectivity index (χ2n) is 5.04. The molecule has 0 aliphatic heterocycles. The van der Waals surface area contributed by atoms with Gasteiger partial charge in [-0.2, -0.15) is 0 Å². The molecule has 1 unspecified atom stereocenters. The molecule has 1 aromatic rings. The maximum atomic E-state index is 12.1. The Kier molecular flexibility index (Phi) is 7.00. The first-order valence-corrected chi connectivity index (χ1v) is 8.58. The van der Waals surface area contributed by atoms with Gasteiger partial charge in [0.1, 0.15) is 9.30 Å². The lowest BCUT2D eigenvalue weighted by Gasteiger charge is -2.24. The van der Waals surface area contributed by atoms with Crippen molar-refractivity contribution in [1.29, 1.82) is 0 Å². The van der Waals surface area contributed by atoms with Crippen LogP contribution in [0.4, 0.5) is 0 Å². The van der Waals surface area contributed by atoms with E-state index in [0.717, 1.165) is 3.70 Å². The highest BCUT2D eigenvalue weighted by Gasteiger charge is 2.27. The number of pyridine rings is 1. The smallest absolute Gasteiger partial charge is 0.347 e. The molecule has 0 saturated carbocycles. The lowest BCUT2D eigenvalue weighted by molar-refractivity contribution is -0.163. The summed E-state index contributed by atoms with van der Waals surface area (Å²) in [5, 5.41) is 0.854. The van der Waals surface area contributed by atoms with Gasteiger partial charge in [0.2, 0.25) is 0 Å². The van der Waals surface area contributed by atoms with E-state index in [4.69, 9.17) is 21.1 Å². The molecule has 7 heteroatoms. The molecule has 4 nitrogen and oxygen atoms in total. The molecule has 0 aromatic carbocycles. The van der Waals surface area contributed by atoms with Gasteiger partial charge in [0, 0.05) is 11.8 Å². The van der Waals surface area contributed by atoms with E-state index in [0.29, 0.717) is 17.5 Å². The minimum atomic E-state index is -0.715. The van der Waals surface area contributed by atoms with E-state index in [1.165, 1.54) is 0 Å². The normalized spacial score (nSPS) is 12.9. The van der Waals surface area contributed by atoms with E-state index >= 15 is 0 Å². The number of hydrogen-bond donors (Lipinski definition) is 0. The van der Waals surface area contributed by atoms with Crippen LogP contribution >= 0.6 is 50.1 Å². The molecule has 1 rings (SSSR count). The van der Waals surface area contributed by atoms with Crippen molar-refractivity contribution in [3.8, 4) is 5.75 Å². The fourth-order valence-corrected chi connectivity index (χ4v) is 2.51. The number of carbonyl (C=O) groups is 1. The van der Waals surface area contributed by atoms with E-state index in [1.54, 1.807) is 12.1 Å². The Morgan fingerprint density at radius 1 is 1.50 bits per heavy atom. The summed E-state index contributed by atoms with van der Waals surface area (Å²) in [7, 11) is 0. The zero-order valence-corrected chi connectivity index (χ0v) is 16.0. The van der Waals surface area contributed by atoms with Crippen LogP contribution in [0.15, 0.2) is 12.1 Å². The molecule has 0 radical (unpaired) electrons. The van der Waals surface area contributed by atoms with Crippen LogP contribution < -0.4 is 4.74 Å². The van der Waals surface area contributed by atoms with Crippen LogP contribution in [0.2, 0.25) is 5.15 Å². The Morgan fingerprint density at radius 3 is 2.65 bits per heavy atom. The van der Waals surface area contributed by atoms with Crippen molar-refractivity contribution >= 4 is 56.1 Å². The van der Waals surface area contributed by atoms with E-state index in [1.807, 2.05) is 20.8 Å². The highest BCUT2D eigenvalue weighted by molar-refractivity contribution is 14.1. The van der Waals surface area contributed by atoms with Crippen molar-refractivity contribution in [3.63, 3.8) is 0 Å². The minimum absolute atomic E-state index is 0.236. The second-order valence-corrected chi connectivity index (χ2v) is 7.30. The van der Waals surface area contributed by atoms with E-state index in [2.05, 4.69) is 43.5 Å². The van der Waals surface area contributed by atoms with Gasteiger partial charge in [-0.15, -0.1) is 0 Å². The predicted molar refractivity (Wildman–Crippen MR) is 90.6 cm³/mol. The molecule has 0 bridgehead atoms. The van der Waals surface area contributed by atoms with Crippen molar-refractivity contribution in [2.45, 2.75) is 38.9 Å². The monoisotopic (exact) mass is 475 g/mol. The van der Waals surface area contributed by atoms with Crippen LogP contribution in [-0.4, -0.2) is 28.0 Å². The van der Waals surface area contributed by atoms with Crippen molar-refractivity contribution in [3.05, 3.63) is 21.0 Å². The third-order valence-electron chi connectivity index (χ3n) is 2.09. The summed E-state index contributed by atoms with van der Waals surface area (Å²) in [6.07, 6.45) is -0.231. The molecule has 1 aromatic heterocycles. The molecule has 0 amide bonds. The Labute approximate surface area is 145 Å². The molecule has 112 valence electrons. The van der Waals surface area contributed by atoms with Gasteiger partial charge in [0.05, 0.1) is 0 Å². The van der Waals surface area contributed by atoms with Gasteiger partial charge in [0.15, 0.2) is 17.0 Å². The van der Waals surface area contributed by atoms with Crippen LogP contribution in [0.5, 0.6) is 5.75 Å². The number of carbonyl (C=O) groups excluding carboxylic acids is 1. The highest BCUT2D eigenvalue weighted by Crippen LogP contribution is 2.25. The standard InChI is InChI=1S/C13H16BrClINO3/c1-13(2,3)20-12(18)9(6-7-14)19-8-4-5-10(16)17-11(8)15/h4-5,9H,6-7H2,1-3H3. The van der Waals surface area contributed by atoms with Gasteiger partial charge < -0.3 is 9.47 Å². The maximum Gasteiger partial charge on any atom is 0.347 e. The topological polar surface area (TPSA) is 48.4 Å². The minimum Gasteiger partial charge on any atom is -0.475 e. The third-order valence-corrected chi connectivity index (χ3v) is 3.42. The average molecular weight is 477 g/mol. The van der Waals surface area contributed by atoms with Gasteiger partial charge in [-0.1, -0.05) is 27.5 Å². The fourth-order valence-electron chi connectivity index (χ4n) is 1.33. The van der Waals surface area contributed by atoms with Gasteiger partial charge in [0.25, 0.3) is 0 Å². The Morgan fingerprint density at radius 2 is 2.15 bits per heavy atom. The number of rotatable bonds is 5. The summed E-state index contributed by atoms with van der Waals surface area (Å²) in [4.78, 5) is 16.2. The molecule has 0 saturated heterocycles. The molecule has 1 atom stereocenters. The van der Waals surface area contributed by atoms with Crippen molar-refractivity contribution in [1.82, 2.24) is 4.98 Å². The molecule has 0 fully saturated rings. The second kappa shape index (κ2) is 7.79. The molecule has 20 heavy (non-hydrogen) atoms. The lowest BCUT2D eigenvalue weighted by Crippen LogP contribution is -2.35. The fraction of sp³-hybridized carbons (Fsp3) is 0.538. The summed E-state index contributed by atoms with van der Waals surface area (Å²) in [5.41, 5.74) is -0.556. The van der Waals surface area contributed by atoms with E-state index in [-0.39, 0.29) is 5.15 Å². The summed E-state index contributed by atoms with van der Waals surface area (Å²) in [6, 6.07) is 3.46. The van der Waals surface area contributed by atoms with Crippen LogP contribution in [0.25, 0.3) is 0 Å². The molecule has 0 aliphatic rings. The van der Waals surface area contributed by atoms with Crippen LogP contribution in [-0.2, 0) is 9.53 Å². The van der Waals surface area contributed by atoms with E-state index in [9.17, 15) is 4.79 Å². The van der Waals surface area contributed by atoms with Gasteiger partial charge in [-0.25, -0.2) is 9.78 Å². The first-order valence-electron chi connectivity index (χ1n) is 6.00. The van der Waals surface area contributed by atoms with Crippen molar-refractivity contribution < 1.29 is 14.3 Å². The Balaban J connectivity index is 2.83. The van der Waals surface area contributed by atoms with Crippen LogP contribution in [0.1, 0.15) is 27.2 Å². The number of esters is 1. The summed E-state index contributed by atoms with van der Waals surface area (Å²) in [6.45, 7) is 5.44. The molecule has 0 spiro atoms. The lowest BCUT2D eigenvalue weighted by atomic mass is 10.2. The van der Waals surface area contributed by atoms with Crippen LogP contribution in [0, 0.1) is 3.70 Å². The first-order chi connectivity index (χ1) is 9.23. The number of halogens is 3. The summed E-state index contributed by atoms with van der Waals surface area (Å²) in [5.74, 6) is -0.0320. The molecular formula is C13H16BrClINO3. The van der Waals surface area contributed by atoms with Crippen LogP contribution in [0.3, 0.4) is 0 Å². The average Bonchev–Trinajstić information content (AvgIpc) is 2.29. The van der Waals surface area contributed by atoms with Crippen molar-refractivity contribution in [2.24, 2.45) is 0 Å². The SMILES string of the molecule is CC(C)(C)OC(=O)C(CCBr)Oc1ccc(I)nc1Cl. The zero-order valence-electron chi connectivity index (χ0n) is 11.5. The quantitative estimate of drug-likeness (QED) is 0.277. The largest absolute Gasteiger partial charge is 0.475 e. The van der Waals surface area contributed by atoms with Crippen molar-refractivity contribution in [2.75, 3.05) is 5.33 Å². The predicted octanol–water partition coefficient (Wildman–Crippen LogP) is 4.21. The molecule has 0 N–H and O–H groups in total. The van der Waals surface area contributed by atoms with E-state index < -0.39 is 17.7 Å². The number of alkyl halides is 1. The maximum absolute atomic E-state index is 12.1. The molecule has 0 aliphatic carbocycles. The summed E-state index contributed by atoms with van der Waals surface area (Å²) >= 11 is 11.4. The van der Waals surface area contributed by atoms with Gasteiger partial charge >= 0.3 is 5.97 Å². The zero-order chi connectivity index (χ0) is 15.3. The number of ether oxygens (including phenoxy) is 2. The molecular weight excluding hydrogens is 460 g/mol. The Bertz CT molecular complexity index is 479. The molecule has 1 heterocycles. The van der Waals surface area contributed by atoms with Gasteiger partial charge in [-0.05, 0) is 55.5 Å².